The molecule has 148 valence electrons. The number of aryl methyl sites for hydroxylation is 2. The fourth-order valence-electron chi connectivity index (χ4n) is 3.94. The maximum Gasteiger partial charge on any atom is 0.339 e. The summed E-state index contributed by atoms with van der Waals surface area (Å²) in [5.41, 5.74) is 1.34. The Morgan fingerprint density at radius 1 is 1.46 bits per heavy atom. The lowest BCUT2D eigenvalue weighted by atomic mass is 9.81. The summed E-state index contributed by atoms with van der Waals surface area (Å²) in [5.74, 6) is -1.00. The van der Waals surface area contributed by atoms with Crippen molar-refractivity contribution >= 4 is 17.0 Å². The highest BCUT2D eigenvalue weighted by atomic mass is 19.1. The number of carboxylic acid groups (broad SMARTS) is 1. The van der Waals surface area contributed by atoms with E-state index >= 15 is 0 Å². The van der Waals surface area contributed by atoms with Crippen LogP contribution in [0.4, 0.5) is 4.39 Å². The van der Waals surface area contributed by atoms with E-state index in [0.29, 0.717) is 35.4 Å². The van der Waals surface area contributed by atoms with Gasteiger partial charge in [0.1, 0.15) is 22.5 Å². The Morgan fingerprint density at radius 2 is 2.18 bits per heavy atom. The van der Waals surface area contributed by atoms with E-state index in [2.05, 4.69) is 10.1 Å². The smallest absolute Gasteiger partial charge is 0.339 e. The number of aromatic nitrogens is 3. The van der Waals surface area contributed by atoms with Crippen LogP contribution < -0.4 is 0 Å². The maximum atomic E-state index is 14.3. The molecule has 0 aromatic carbocycles. The first-order valence-electron chi connectivity index (χ1n) is 10.4. The molecule has 0 saturated heterocycles. The molecule has 7 heteroatoms. The van der Waals surface area contributed by atoms with Gasteiger partial charge in [-0.15, -0.1) is 0 Å². The van der Waals surface area contributed by atoms with Gasteiger partial charge >= 0.3 is 5.97 Å². The van der Waals surface area contributed by atoms with Crippen molar-refractivity contribution in [2.45, 2.75) is 58.6 Å². The predicted octanol–water partition coefficient (Wildman–Crippen LogP) is 4.92. The molecule has 6 nitrogen and oxygen atoms in total. The molecule has 0 radical (unpaired) electrons. The molecule has 3 aromatic rings. The summed E-state index contributed by atoms with van der Waals surface area (Å²) >= 11 is 0. The molecule has 1 aliphatic carbocycles. The third-order valence-electron chi connectivity index (χ3n) is 5.54. The Labute approximate surface area is 165 Å². The van der Waals surface area contributed by atoms with E-state index < -0.39 is 24.1 Å². The van der Waals surface area contributed by atoms with Crippen molar-refractivity contribution < 1.29 is 21.6 Å². The molecular formula is C21H24FN3O3. The number of nitrogens with zero attached hydrogens (tertiary/aromatic N) is 3. The lowest BCUT2D eigenvalue weighted by Crippen LogP contribution is -2.27. The van der Waals surface area contributed by atoms with Crippen molar-refractivity contribution in [3.8, 4) is 11.1 Å². The highest BCUT2D eigenvalue weighted by molar-refractivity contribution is 6.02. The number of pyridine rings is 1. The van der Waals surface area contributed by atoms with Gasteiger partial charge in [-0.25, -0.2) is 9.18 Å². The number of carbonyl (C=O) groups is 1. The first kappa shape index (κ1) is 16.3. The van der Waals surface area contributed by atoms with Crippen LogP contribution in [-0.4, -0.2) is 31.5 Å². The third-order valence-corrected chi connectivity index (χ3v) is 5.54. The topological polar surface area (TPSA) is 81.2 Å². The van der Waals surface area contributed by atoms with Gasteiger partial charge in [0.2, 0.25) is 0 Å². The summed E-state index contributed by atoms with van der Waals surface area (Å²) in [6.07, 6.45) is 4.20. The Bertz CT molecular complexity index is 1110. The van der Waals surface area contributed by atoms with Crippen molar-refractivity contribution in [2.24, 2.45) is 5.92 Å². The Balaban J connectivity index is 1.86. The van der Waals surface area contributed by atoms with E-state index in [0.717, 1.165) is 5.56 Å². The van der Waals surface area contributed by atoms with Crippen LogP contribution in [0, 0.1) is 19.8 Å². The van der Waals surface area contributed by atoms with Crippen LogP contribution in [0.1, 0.15) is 57.2 Å². The molecule has 1 aliphatic rings. The number of halogens is 1. The molecule has 28 heavy (non-hydrogen) atoms. The predicted molar refractivity (Wildman–Crippen MR) is 103 cm³/mol. The normalized spacial score (nSPS) is 24.2. The summed E-state index contributed by atoms with van der Waals surface area (Å²) in [7, 11) is 0. The standard InChI is InChI=1S/C21H24FN3O3/c1-12-18(13(2)28-24-12)15-8-17-19(23-9-15)16(20(26)27)11-25(17)10-14-4-6-21(3,22)7-5-14/h8-9,11,14H,4-7,10H2,1-3H3,(H,26,27)/i10D2. The number of rotatable bonds is 4. The number of carboxylic acids is 1. The molecule has 1 fully saturated rings. The SMILES string of the molecule is [2H]C([2H])(C1CCC(C)(F)CC1)n1cc(C(=O)O)c2ncc(-c3c(C)noc3C)cc21. The number of hydrogen-bond acceptors (Lipinski definition) is 4. The number of fused-ring (bicyclic) bond motifs is 1. The van der Waals surface area contributed by atoms with E-state index in [9.17, 15) is 14.3 Å². The molecular weight excluding hydrogens is 361 g/mol. The summed E-state index contributed by atoms with van der Waals surface area (Å²) in [6.45, 7) is 3.23. The largest absolute Gasteiger partial charge is 0.478 e. The molecule has 3 heterocycles. The molecule has 0 aliphatic heterocycles. The molecule has 1 saturated carbocycles. The van der Waals surface area contributed by atoms with Crippen molar-refractivity contribution in [1.29, 1.82) is 0 Å². The lowest BCUT2D eigenvalue weighted by molar-refractivity contribution is 0.0698. The molecule has 0 unspecified atom stereocenters. The van der Waals surface area contributed by atoms with Crippen LogP contribution in [0.2, 0.25) is 0 Å². The van der Waals surface area contributed by atoms with Crippen LogP contribution in [0.5, 0.6) is 0 Å². The van der Waals surface area contributed by atoms with E-state index in [1.807, 2.05) is 0 Å². The first-order chi connectivity index (χ1) is 14.0. The fraction of sp³-hybridized carbons (Fsp3) is 0.476. The molecule has 4 rings (SSSR count). The third kappa shape index (κ3) is 3.30. The second-order valence-corrected chi connectivity index (χ2v) is 7.83. The van der Waals surface area contributed by atoms with Gasteiger partial charge in [-0.1, -0.05) is 5.16 Å². The lowest BCUT2D eigenvalue weighted by Gasteiger charge is -2.31. The Morgan fingerprint density at radius 3 is 2.79 bits per heavy atom. The highest BCUT2D eigenvalue weighted by Gasteiger charge is 2.31. The van der Waals surface area contributed by atoms with Gasteiger partial charge in [0, 0.05) is 30.0 Å². The summed E-state index contributed by atoms with van der Waals surface area (Å²) in [4.78, 5) is 16.1. The van der Waals surface area contributed by atoms with Crippen LogP contribution in [0.15, 0.2) is 23.0 Å². The van der Waals surface area contributed by atoms with Gasteiger partial charge in [0.15, 0.2) is 0 Å². The molecule has 3 aromatic heterocycles. The molecule has 0 atom stereocenters. The zero-order valence-electron chi connectivity index (χ0n) is 18.1. The number of aromatic carboxylic acids is 1. The molecule has 1 N–H and O–H groups in total. The van der Waals surface area contributed by atoms with E-state index in [1.165, 1.54) is 10.8 Å². The summed E-state index contributed by atoms with van der Waals surface area (Å²) in [5, 5.41) is 13.6. The van der Waals surface area contributed by atoms with Crippen LogP contribution in [0.3, 0.4) is 0 Å². The van der Waals surface area contributed by atoms with Gasteiger partial charge in [-0.2, -0.15) is 0 Å². The van der Waals surface area contributed by atoms with Gasteiger partial charge in [0.25, 0.3) is 0 Å². The van der Waals surface area contributed by atoms with E-state index in [1.54, 1.807) is 33.0 Å². The molecule has 0 bridgehead atoms. The van der Waals surface area contributed by atoms with Crippen LogP contribution in [-0.2, 0) is 6.50 Å². The number of hydrogen-bond donors (Lipinski definition) is 1. The zero-order chi connectivity index (χ0) is 21.8. The second kappa shape index (κ2) is 6.72. The minimum Gasteiger partial charge on any atom is -0.478 e. The minimum atomic E-state index is -1.89. The Hall–Kier alpha value is -2.70. The quantitative estimate of drug-likeness (QED) is 0.687. The molecule has 0 spiro atoms. The average Bonchev–Trinajstić information content (AvgIpc) is 3.21. The maximum absolute atomic E-state index is 14.3. The van der Waals surface area contributed by atoms with Gasteiger partial charge < -0.3 is 14.2 Å². The zero-order valence-corrected chi connectivity index (χ0v) is 16.1. The van der Waals surface area contributed by atoms with Gasteiger partial charge in [-0.3, -0.25) is 4.98 Å². The number of alkyl halides is 1. The average molecular weight is 387 g/mol. The first-order valence-corrected chi connectivity index (χ1v) is 9.38. The second-order valence-electron chi connectivity index (χ2n) is 7.83. The molecule has 0 amide bonds. The van der Waals surface area contributed by atoms with Gasteiger partial charge in [0.05, 0.1) is 14.0 Å². The van der Waals surface area contributed by atoms with E-state index in [4.69, 9.17) is 7.26 Å². The van der Waals surface area contributed by atoms with Crippen LogP contribution >= 0.6 is 0 Å². The summed E-state index contributed by atoms with van der Waals surface area (Å²) in [6, 6.07) is 1.72. The highest BCUT2D eigenvalue weighted by Crippen LogP contribution is 2.36. The Kier molecular flexibility index (Phi) is 3.91. The minimum absolute atomic E-state index is 0.0645. The van der Waals surface area contributed by atoms with Crippen molar-refractivity contribution in [3.63, 3.8) is 0 Å². The van der Waals surface area contributed by atoms with Crippen LogP contribution in [0.25, 0.3) is 22.2 Å². The van der Waals surface area contributed by atoms with Crippen molar-refractivity contribution in [2.75, 3.05) is 0 Å². The fourth-order valence-corrected chi connectivity index (χ4v) is 3.94. The van der Waals surface area contributed by atoms with E-state index in [-0.39, 0.29) is 23.9 Å². The van der Waals surface area contributed by atoms with Gasteiger partial charge in [-0.05, 0) is 58.4 Å². The van der Waals surface area contributed by atoms with Crippen molar-refractivity contribution in [1.82, 2.24) is 14.7 Å². The van der Waals surface area contributed by atoms with Crippen molar-refractivity contribution in [3.05, 3.63) is 35.5 Å². The monoisotopic (exact) mass is 387 g/mol. The summed E-state index contributed by atoms with van der Waals surface area (Å²) < 4.78 is 38.5.